The van der Waals surface area contributed by atoms with Crippen molar-refractivity contribution in [3.05, 3.63) is 48.5 Å². The van der Waals surface area contributed by atoms with Gasteiger partial charge in [-0.05, 0) is 5.56 Å². The smallest absolute Gasteiger partial charge is 0.142 e. The summed E-state index contributed by atoms with van der Waals surface area (Å²) in [6, 6.07) is 10.2. The quantitative estimate of drug-likeness (QED) is 0.796. The maximum absolute atomic E-state index is 5.81. The SMILES string of the molecule is Cn1cncc1-c1nc(CN)c(-c2ccccc2)s1. The molecule has 0 spiro atoms. The Bertz CT molecular complexity index is 685. The van der Waals surface area contributed by atoms with Gasteiger partial charge < -0.3 is 10.3 Å². The highest BCUT2D eigenvalue weighted by atomic mass is 32.1. The highest BCUT2D eigenvalue weighted by Crippen LogP contribution is 2.34. The number of hydrogen-bond acceptors (Lipinski definition) is 4. The number of thiazole rings is 1. The lowest BCUT2D eigenvalue weighted by molar-refractivity contribution is 0.916. The molecule has 0 radical (unpaired) electrons. The molecule has 1 aromatic carbocycles. The summed E-state index contributed by atoms with van der Waals surface area (Å²) in [5.74, 6) is 0. The van der Waals surface area contributed by atoms with Crippen LogP contribution in [0.25, 0.3) is 21.1 Å². The van der Waals surface area contributed by atoms with Crippen LogP contribution in [-0.2, 0) is 13.6 Å². The van der Waals surface area contributed by atoms with Crippen molar-refractivity contribution in [1.29, 1.82) is 0 Å². The van der Waals surface area contributed by atoms with Gasteiger partial charge in [-0.1, -0.05) is 30.3 Å². The molecule has 0 amide bonds. The molecule has 2 aromatic heterocycles. The summed E-state index contributed by atoms with van der Waals surface area (Å²) in [5, 5.41) is 0.958. The summed E-state index contributed by atoms with van der Waals surface area (Å²) in [6.45, 7) is 0.443. The van der Waals surface area contributed by atoms with Gasteiger partial charge in [0.15, 0.2) is 0 Å². The molecule has 2 heterocycles. The minimum Gasteiger partial charge on any atom is -0.332 e. The Labute approximate surface area is 115 Å². The van der Waals surface area contributed by atoms with Crippen molar-refractivity contribution >= 4 is 11.3 Å². The van der Waals surface area contributed by atoms with E-state index in [1.165, 1.54) is 0 Å². The summed E-state index contributed by atoms with van der Waals surface area (Å²) in [6.07, 6.45) is 3.61. The van der Waals surface area contributed by atoms with Crippen molar-refractivity contribution < 1.29 is 0 Å². The highest BCUT2D eigenvalue weighted by Gasteiger charge is 2.14. The first-order chi connectivity index (χ1) is 9.29. The lowest BCUT2D eigenvalue weighted by Gasteiger charge is -1.98. The van der Waals surface area contributed by atoms with E-state index in [0.29, 0.717) is 6.54 Å². The molecule has 2 N–H and O–H groups in total. The van der Waals surface area contributed by atoms with Gasteiger partial charge in [0.25, 0.3) is 0 Å². The number of imidazole rings is 1. The topological polar surface area (TPSA) is 56.7 Å². The zero-order chi connectivity index (χ0) is 13.2. The first-order valence-corrected chi connectivity index (χ1v) is 6.83. The molecule has 0 fully saturated rings. The summed E-state index contributed by atoms with van der Waals surface area (Å²) in [4.78, 5) is 9.91. The van der Waals surface area contributed by atoms with E-state index in [-0.39, 0.29) is 0 Å². The molecule has 0 unspecified atom stereocenters. The van der Waals surface area contributed by atoms with Gasteiger partial charge in [0.05, 0.1) is 28.8 Å². The maximum Gasteiger partial charge on any atom is 0.142 e. The van der Waals surface area contributed by atoms with E-state index in [4.69, 9.17) is 5.73 Å². The molecule has 0 bridgehead atoms. The number of aromatic nitrogens is 3. The second-order valence-corrected chi connectivity index (χ2v) is 5.25. The lowest BCUT2D eigenvalue weighted by atomic mass is 10.1. The van der Waals surface area contributed by atoms with Crippen molar-refractivity contribution in [2.75, 3.05) is 0 Å². The monoisotopic (exact) mass is 270 g/mol. The molecule has 0 aliphatic heterocycles. The number of hydrogen-bond donors (Lipinski definition) is 1. The van der Waals surface area contributed by atoms with E-state index < -0.39 is 0 Å². The average Bonchev–Trinajstić information content (AvgIpc) is 3.05. The van der Waals surface area contributed by atoms with Gasteiger partial charge >= 0.3 is 0 Å². The molecule has 0 saturated heterocycles. The molecular weight excluding hydrogens is 256 g/mol. The normalized spacial score (nSPS) is 10.8. The van der Waals surface area contributed by atoms with Crippen LogP contribution in [0.1, 0.15) is 5.69 Å². The molecule has 0 atom stereocenters. The summed E-state index contributed by atoms with van der Waals surface area (Å²) >= 11 is 1.66. The van der Waals surface area contributed by atoms with Crippen molar-refractivity contribution in [2.45, 2.75) is 6.54 Å². The third kappa shape index (κ3) is 2.18. The average molecular weight is 270 g/mol. The van der Waals surface area contributed by atoms with Crippen molar-refractivity contribution in [1.82, 2.24) is 14.5 Å². The minimum atomic E-state index is 0.443. The van der Waals surface area contributed by atoms with Crippen molar-refractivity contribution in [3.8, 4) is 21.1 Å². The predicted octanol–water partition coefficient (Wildman–Crippen LogP) is 2.67. The van der Waals surface area contributed by atoms with Crippen LogP contribution in [0, 0.1) is 0 Å². The maximum atomic E-state index is 5.81. The fourth-order valence-corrected chi connectivity index (χ4v) is 3.13. The molecule has 0 aliphatic carbocycles. The molecule has 3 aromatic rings. The first kappa shape index (κ1) is 12.1. The van der Waals surface area contributed by atoms with Crippen LogP contribution in [0.15, 0.2) is 42.9 Å². The van der Waals surface area contributed by atoms with E-state index in [2.05, 4.69) is 22.1 Å². The molecule has 0 aliphatic rings. The van der Waals surface area contributed by atoms with E-state index in [0.717, 1.165) is 26.8 Å². The third-order valence-electron chi connectivity index (χ3n) is 2.96. The van der Waals surface area contributed by atoms with E-state index in [1.54, 1.807) is 17.7 Å². The molecular formula is C14H14N4S. The molecule has 0 saturated carbocycles. The third-order valence-corrected chi connectivity index (χ3v) is 4.13. The second-order valence-electron chi connectivity index (χ2n) is 4.25. The van der Waals surface area contributed by atoms with Gasteiger partial charge in [-0.25, -0.2) is 9.97 Å². The predicted molar refractivity (Wildman–Crippen MR) is 77.6 cm³/mol. The van der Waals surface area contributed by atoms with Crippen LogP contribution in [0.5, 0.6) is 0 Å². The van der Waals surface area contributed by atoms with Gasteiger partial charge in [-0.2, -0.15) is 0 Å². The molecule has 19 heavy (non-hydrogen) atoms. The van der Waals surface area contributed by atoms with Gasteiger partial charge in [-0.15, -0.1) is 11.3 Å². The summed E-state index contributed by atoms with van der Waals surface area (Å²) < 4.78 is 1.97. The number of nitrogens with two attached hydrogens (primary N) is 1. The Kier molecular flexibility index (Phi) is 3.15. The Balaban J connectivity index is 2.12. The Morgan fingerprint density at radius 1 is 1.26 bits per heavy atom. The number of rotatable bonds is 3. The molecule has 3 rings (SSSR count). The zero-order valence-corrected chi connectivity index (χ0v) is 11.4. The lowest BCUT2D eigenvalue weighted by Crippen LogP contribution is -1.98. The first-order valence-electron chi connectivity index (χ1n) is 6.01. The van der Waals surface area contributed by atoms with Crippen LogP contribution in [0.4, 0.5) is 0 Å². The van der Waals surface area contributed by atoms with Gasteiger partial charge in [0.2, 0.25) is 0 Å². The van der Waals surface area contributed by atoms with Crippen LogP contribution in [-0.4, -0.2) is 14.5 Å². The summed E-state index contributed by atoms with van der Waals surface area (Å²) in [7, 11) is 1.97. The molecule has 5 heteroatoms. The summed E-state index contributed by atoms with van der Waals surface area (Å²) in [5.41, 5.74) is 8.93. The van der Waals surface area contributed by atoms with Crippen LogP contribution < -0.4 is 5.73 Å². The number of aryl methyl sites for hydroxylation is 1. The van der Waals surface area contributed by atoms with Gasteiger partial charge in [0, 0.05) is 13.6 Å². The van der Waals surface area contributed by atoms with Crippen LogP contribution in [0.3, 0.4) is 0 Å². The van der Waals surface area contributed by atoms with Crippen LogP contribution in [0.2, 0.25) is 0 Å². The fourth-order valence-electron chi connectivity index (χ4n) is 1.98. The largest absolute Gasteiger partial charge is 0.332 e. The minimum absolute atomic E-state index is 0.443. The molecule has 96 valence electrons. The number of benzene rings is 1. The van der Waals surface area contributed by atoms with Crippen molar-refractivity contribution in [2.24, 2.45) is 12.8 Å². The zero-order valence-electron chi connectivity index (χ0n) is 10.6. The Morgan fingerprint density at radius 3 is 2.68 bits per heavy atom. The van der Waals surface area contributed by atoms with E-state index >= 15 is 0 Å². The molecule has 4 nitrogen and oxygen atoms in total. The van der Waals surface area contributed by atoms with Crippen LogP contribution >= 0.6 is 11.3 Å². The van der Waals surface area contributed by atoms with E-state index in [9.17, 15) is 0 Å². The Morgan fingerprint density at radius 2 is 2.05 bits per heavy atom. The number of nitrogens with zero attached hydrogens (tertiary/aromatic N) is 3. The Hall–Kier alpha value is -1.98. The van der Waals surface area contributed by atoms with Gasteiger partial charge in [0.1, 0.15) is 5.01 Å². The highest BCUT2D eigenvalue weighted by molar-refractivity contribution is 7.18. The van der Waals surface area contributed by atoms with Gasteiger partial charge in [-0.3, -0.25) is 0 Å². The second kappa shape index (κ2) is 4.95. The standard InChI is InChI=1S/C14H14N4S/c1-18-9-16-8-12(18)14-17-11(7-15)13(19-14)10-5-3-2-4-6-10/h2-6,8-9H,7,15H2,1H3. The fraction of sp³-hybridized carbons (Fsp3) is 0.143. The van der Waals surface area contributed by atoms with Crippen molar-refractivity contribution in [3.63, 3.8) is 0 Å². The van der Waals surface area contributed by atoms with E-state index in [1.807, 2.05) is 36.0 Å².